The van der Waals surface area contributed by atoms with Crippen LogP contribution in [-0.4, -0.2) is 111 Å². The maximum absolute atomic E-state index is 12.8. The topological polar surface area (TPSA) is 301 Å². The Kier molecular flexibility index (Phi) is 17.0. The van der Waals surface area contributed by atoms with Crippen molar-refractivity contribution in [1.82, 2.24) is 36.6 Å². The lowest BCUT2D eigenvalue weighted by Gasteiger charge is -2.20. The van der Waals surface area contributed by atoms with Crippen molar-refractivity contribution in [3.8, 4) is 0 Å². The number of rotatable bonds is 21. The number of imidazole rings is 1. The first-order valence-electron chi connectivity index (χ1n) is 13.3. The van der Waals surface area contributed by atoms with E-state index >= 15 is 0 Å². The van der Waals surface area contributed by atoms with Gasteiger partial charge in [-0.15, -0.1) is 0 Å². The molecule has 0 fully saturated rings. The van der Waals surface area contributed by atoms with Crippen molar-refractivity contribution in [3.63, 3.8) is 0 Å². The monoisotopic (exact) mass is 629 g/mol. The van der Waals surface area contributed by atoms with E-state index in [0.717, 1.165) is 0 Å². The summed E-state index contributed by atoms with van der Waals surface area (Å²) < 4.78 is 0. The summed E-state index contributed by atoms with van der Waals surface area (Å²) in [6.45, 7) is -0.787. The van der Waals surface area contributed by atoms with E-state index in [9.17, 15) is 38.7 Å². The Hall–Kier alpha value is -4.23. The Morgan fingerprint density at radius 1 is 0.860 bits per heavy atom. The molecule has 0 unspecified atom stereocenters. The molecule has 4 atom stereocenters. The average molecular weight is 630 g/mol. The van der Waals surface area contributed by atoms with E-state index in [1.54, 1.807) is 0 Å². The van der Waals surface area contributed by atoms with Crippen LogP contribution in [0.15, 0.2) is 12.5 Å². The fourth-order valence-electron chi connectivity index (χ4n) is 3.53. The van der Waals surface area contributed by atoms with Crippen LogP contribution in [0, 0.1) is 0 Å². The predicted molar refractivity (Wildman–Crippen MR) is 153 cm³/mol. The Balaban J connectivity index is 2.71. The van der Waals surface area contributed by atoms with Crippen molar-refractivity contribution < 1.29 is 43.8 Å². The molecule has 0 saturated carbocycles. The number of H-pyrrole nitrogens is 1. The van der Waals surface area contributed by atoms with Gasteiger partial charge in [-0.05, 0) is 32.2 Å². The summed E-state index contributed by atoms with van der Waals surface area (Å²) in [7, 11) is 0. The normalized spacial score (nSPS) is 13.5. The number of thiol groups is 1. The second kappa shape index (κ2) is 19.8. The molecule has 0 aliphatic heterocycles. The van der Waals surface area contributed by atoms with Gasteiger partial charge in [0.2, 0.25) is 29.5 Å². The fraction of sp³-hybridized carbons (Fsp3) is 0.583. The molecule has 43 heavy (non-hydrogen) atoms. The molecule has 1 aromatic rings. The number of nitrogens with one attached hydrogen (secondary N) is 6. The van der Waals surface area contributed by atoms with Crippen molar-refractivity contribution in [2.45, 2.75) is 62.7 Å². The molecule has 18 nitrogen and oxygen atoms in total. The van der Waals surface area contributed by atoms with E-state index < -0.39 is 78.7 Å². The largest absolute Gasteiger partial charge is 0.481 e. The Bertz CT molecular complexity index is 1100. The van der Waals surface area contributed by atoms with Gasteiger partial charge in [-0.2, -0.15) is 12.6 Å². The molecule has 19 heteroatoms. The van der Waals surface area contributed by atoms with Crippen molar-refractivity contribution in [2.75, 3.05) is 25.4 Å². The average Bonchev–Trinajstić information content (AvgIpc) is 3.48. The van der Waals surface area contributed by atoms with Crippen LogP contribution in [0.1, 0.15) is 37.8 Å². The zero-order valence-electron chi connectivity index (χ0n) is 23.3. The molecular formula is C24H39N9O9S. The third-order valence-electron chi connectivity index (χ3n) is 5.88. The van der Waals surface area contributed by atoms with Gasteiger partial charge in [-0.3, -0.25) is 28.8 Å². The van der Waals surface area contributed by atoms with Crippen LogP contribution in [0.5, 0.6) is 0 Å². The molecule has 0 aliphatic rings. The minimum Gasteiger partial charge on any atom is -0.481 e. The molecule has 0 aromatic carbocycles. The minimum absolute atomic E-state index is 0.0620. The van der Waals surface area contributed by atoms with Crippen molar-refractivity contribution >= 4 is 54.1 Å². The van der Waals surface area contributed by atoms with Gasteiger partial charge in [0.1, 0.15) is 18.1 Å². The van der Waals surface area contributed by atoms with Gasteiger partial charge in [0.25, 0.3) is 0 Å². The molecule has 0 saturated heterocycles. The van der Waals surface area contributed by atoms with E-state index in [0.29, 0.717) is 25.1 Å². The fourth-order valence-corrected chi connectivity index (χ4v) is 3.79. The second-order valence-electron chi connectivity index (χ2n) is 9.36. The lowest BCUT2D eigenvalue weighted by Crippen LogP contribution is -2.55. The van der Waals surface area contributed by atoms with E-state index in [1.165, 1.54) is 12.5 Å². The first-order chi connectivity index (χ1) is 20.4. The standard InChI is InChI=1S/C24H39N9O9S/c25-6-2-1-3-15(24(41)42)31-18(34)9-28-22(39)16(7-13-8-27-12-30-13)32-19(35)10-29-23(40)17(11-43)33-21(38)14(26)4-5-20(36)37/h8,12,14-17,43H,1-7,9-11,25-26H2,(H,27,30)(H,28,39)(H,29,40)(H,31,34)(H,32,35)(H,33,38)(H,36,37)(H,41,42)/t14-,15-,16-,17-/m0/s1. The highest BCUT2D eigenvalue weighted by molar-refractivity contribution is 7.80. The summed E-state index contributed by atoms with van der Waals surface area (Å²) in [6, 6.07) is -4.74. The Morgan fingerprint density at radius 2 is 1.47 bits per heavy atom. The van der Waals surface area contributed by atoms with Crippen molar-refractivity contribution in [3.05, 3.63) is 18.2 Å². The van der Waals surface area contributed by atoms with E-state index in [-0.39, 0.29) is 31.4 Å². The molecule has 1 heterocycles. The first-order valence-corrected chi connectivity index (χ1v) is 13.9. The Labute approximate surface area is 252 Å². The van der Waals surface area contributed by atoms with Gasteiger partial charge in [-0.25, -0.2) is 9.78 Å². The van der Waals surface area contributed by atoms with Crippen LogP contribution in [0.2, 0.25) is 0 Å². The van der Waals surface area contributed by atoms with Gasteiger partial charge < -0.3 is 53.2 Å². The lowest BCUT2D eigenvalue weighted by molar-refractivity contribution is -0.142. The quantitative estimate of drug-likeness (QED) is 0.0458. The SMILES string of the molecule is NCCCC[C@H](NC(=O)CNC(=O)[C@H](Cc1cnc[nH]1)NC(=O)CNC(=O)[C@H](CS)NC(=O)[C@@H](N)CCC(=O)O)C(=O)O. The van der Waals surface area contributed by atoms with Crippen LogP contribution in [0.25, 0.3) is 0 Å². The van der Waals surface area contributed by atoms with Gasteiger partial charge in [0, 0.05) is 30.5 Å². The third kappa shape index (κ3) is 15.0. The zero-order valence-corrected chi connectivity index (χ0v) is 24.2. The highest BCUT2D eigenvalue weighted by atomic mass is 32.1. The maximum atomic E-state index is 12.8. The number of aromatic nitrogens is 2. The number of nitrogens with two attached hydrogens (primary N) is 2. The number of carboxylic acids is 2. The minimum atomic E-state index is -1.23. The highest BCUT2D eigenvalue weighted by Gasteiger charge is 2.26. The van der Waals surface area contributed by atoms with Crippen LogP contribution in [-0.2, 0) is 40.0 Å². The summed E-state index contributed by atoms with van der Waals surface area (Å²) in [5.41, 5.74) is 11.5. The number of carbonyl (C=O) groups is 7. The van der Waals surface area contributed by atoms with E-state index in [1.807, 2.05) is 0 Å². The van der Waals surface area contributed by atoms with Crippen LogP contribution >= 0.6 is 12.6 Å². The van der Waals surface area contributed by atoms with Gasteiger partial charge >= 0.3 is 11.9 Å². The molecular weight excluding hydrogens is 590 g/mol. The highest BCUT2D eigenvalue weighted by Crippen LogP contribution is 2.02. The zero-order chi connectivity index (χ0) is 32.4. The van der Waals surface area contributed by atoms with Crippen molar-refractivity contribution in [2.24, 2.45) is 11.5 Å². The molecule has 0 bridgehead atoms. The number of hydrogen-bond donors (Lipinski definition) is 11. The second-order valence-corrected chi connectivity index (χ2v) is 9.73. The summed E-state index contributed by atoms with van der Waals surface area (Å²) in [6.07, 6.45) is 3.44. The summed E-state index contributed by atoms with van der Waals surface area (Å²) in [5, 5.41) is 29.8. The van der Waals surface area contributed by atoms with Gasteiger partial charge in [0.05, 0.1) is 25.5 Å². The number of amides is 5. The molecule has 5 amide bonds. The molecule has 1 aromatic heterocycles. The Morgan fingerprint density at radius 3 is 1.98 bits per heavy atom. The molecule has 0 spiro atoms. The molecule has 12 N–H and O–H groups in total. The first kappa shape index (κ1) is 36.8. The van der Waals surface area contributed by atoms with Gasteiger partial charge in [0.15, 0.2) is 0 Å². The van der Waals surface area contributed by atoms with Gasteiger partial charge in [-0.1, -0.05) is 0 Å². The number of aromatic amines is 1. The lowest BCUT2D eigenvalue weighted by atomic mass is 10.1. The maximum Gasteiger partial charge on any atom is 0.326 e. The molecule has 1 rings (SSSR count). The summed E-state index contributed by atoms with van der Waals surface area (Å²) in [4.78, 5) is 91.1. The van der Waals surface area contributed by atoms with Crippen LogP contribution in [0.4, 0.5) is 0 Å². The number of carboxylic acid groups (broad SMARTS) is 2. The number of aliphatic carboxylic acids is 2. The number of carbonyl (C=O) groups excluding carboxylic acids is 5. The predicted octanol–water partition coefficient (Wildman–Crippen LogP) is -4.03. The smallest absolute Gasteiger partial charge is 0.326 e. The summed E-state index contributed by atoms with van der Waals surface area (Å²) in [5.74, 6) is -6.39. The van der Waals surface area contributed by atoms with Crippen LogP contribution in [0.3, 0.4) is 0 Å². The van der Waals surface area contributed by atoms with E-state index in [4.69, 9.17) is 16.6 Å². The van der Waals surface area contributed by atoms with Crippen molar-refractivity contribution in [1.29, 1.82) is 0 Å². The summed E-state index contributed by atoms with van der Waals surface area (Å²) >= 11 is 4.01. The molecule has 0 radical (unpaired) electrons. The number of unbranched alkanes of at least 4 members (excludes halogenated alkanes) is 1. The molecule has 0 aliphatic carbocycles. The molecule has 240 valence electrons. The number of nitrogens with zero attached hydrogens (tertiary/aromatic N) is 1. The van der Waals surface area contributed by atoms with Crippen LogP contribution < -0.4 is 38.1 Å². The number of hydrogen-bond acceptors (Lipinski definition) is 11. The third-order valence-corrected chi connectivity index (χ3v) is 6.24. The van der Waals surface area contributed by atoms with E-state index in [2.05, 4.69) is 49.2 Å².